The van der Waals surface area contributed by atoms with Crippen LogP contribution in [0.3, 0.4) is 0 Å². The van der Waals surface area contributed by atoms with Gasteiger partial charge in [-0.05, 0) is 25.1 Å². The highest BCUT2D eigenvalue weighted by atomic mass is 19.4. The number of hydrogen-bond acceptors (Lipinski definition) is 3. The van der Waals surface area contributed by atoms with E-state index in [9.17, 15) is 17.6 Å². The summed E-state index contributed by atoms with van der Waals surface area (Å²) in [5.74, 6) is -0.661. The van der Waals surface area contributed by atoms with Crippen molar-refractivity contribution in [3.05, 3.63) is 36.0 Å². The second kappa shape index (κ2) is 5.00. The monoisotopic (exact) mass is 314 g/mol. The molecule has 3 aromatic rings. The predicted octanol–water partition coefficient (Wildman–Crippen LogP) is 3.31. The van der Waals surface area contributed by atoms with Crippen LogP contribution in [0.4, 0.5) is 17.6 Å². The summed E-state index contributed by atoms with van der Waals surface area (Å²) in [6, 6.07) is 4.16. The highest BCUT2D eigenvalue weighted by molar-refractivity contribution is 5.80. The van der Waals surface area contributed by atoms with Gasteiger partial charge in [-0.2, -0.15) is 27.6 Å². The fourth-order valence-corrected chi connectivity index (χ4v) is 2.03. The molecule has 2 heterocycles. The maximum absolute atomic E-state index is 13.5. The van der Waals surface area contributed by atoms with Gasteiger partial charge < -0.3 is 4.74 Å². The van der Waals surface area contributed by atoms with Crippen molar-refractivity contribution in [3.63, 3.8) is 0 Å². The van der Waals surface area contributed by atoms with Crippen LogP contribution >= 0.6 is 0 Å². The van der Waals surface area contributed by atoms with Crippen molar-refractivity contribution >= 4 is 10.9 Å². The Hall–Kier alpha value is -2.58. The first-order chi connectivity index (χ1) is 10.4. The Morgan fingerprint density at radius 1 is 1.32 bits per heavy atom. The summed E-state index contributed by atoms with van der Waals surface area (Å²) in [6.45, 7) is 1.78. The van der Waals surface area contributed by atoms with Gasteiger partial charge in [-0.3, -0.25) is 9.67 Å². The molecule has 0 bridgehead atoms. The van der Waals surface area contributed by atoms with Crippen LogP contribution < -0.4 is 4.74 Å². The lowest BCUT2D eigenvalue weighted by atomic mass is 10.2. The van der Waals surface area contributed by atoms with E-state index in [1.165, 1.54) is 18.2 Å². The molecule has 0 fully saturated rings. The van der Waals surface area contributed by atoms with Gasteiger partial charge in [0.2, 0.25) is 5.95 Å². The van der Waals surface area contributed by atoms with Crippen molar-refractivity contribution in [2.75, 3.05) is 6.61 Å². The fraction of sp³-hybridized carbons (Fsp3) is 0.231. The molecular formula is C13H10F4N4O. The summed E-state index contributed by atoms with van der Waals surface area (Å²) in [5, 5.41) is 6.06. The molecule has 0 atom stereocenters. The highest BCUT2D eigenvalue weighted by Gasteiger charge is 2.35. The van der Waals surface area contributed by atoms with Gasteiger partial charge in [0.15, 0.2) is 5.69 Å². The van der Waals surface area contributed by atoms with Crippen LogP contribution in [-0.4, -0.2) is 26.4 Å². The van der Waals surface area contributed by atoms with E-state index in [0.29, 0.717) is 11.2 Å². The van der Waals surface area contributed by atoms with E-state index in [-0.39, 0.29) is 18.0 Å². The van der Waals surface area contributed by atoms with Crippen LogP contribution in [0.15, 0.2) is 24.4 Å². The Bertz CT molecular complexity index is 821. The Morgan fingerprint density at radius 3 is 2.77 bits per heavy atom. The van der Waals surface area contributed by atoms with Crippen molar-refractivity contribution in [1.82, 2.24) is 19.7 Å². The smallest absolute Gasteiger partial charge is 0.435 e. The van der Waals surface area contributed by atoms with Crippen molar-refractivity contribution in [2.24, 2.45) is 0 Å². The molecule has 0 saturated carbocycles. The van der Waals surface area contributed by atoms with Crippen LogP contribution in [0.1, 0.15) is 12.6 Å². The summed E-state index contributed by atoms with van der Waals surface area (Å²) < 4.78 is 58.2. The molecule has 0 aliphatic rings. The molecule has 0 amide bonds. The molecular weight excluding hydrogens is 304 g/mol. The summed E-state index contributed by atoms with van der Waals surface area (Å²) >= 11 is 0. The molecule has 22 heavy (non-hydrogen) atoms. The minimum Gasteiger partial charge on any atom is -0.465 e. The number of nitrogens with zero attached hydrogens (tertiary/aromatic N) is 3. The molecule has 0 aliphatic heterocycles. The number of rotatable bonds is 3. The van der Waals surface area contributed by atoms with Crippen molar-refractivity contribution < 1.29 is 22.3 Å². The van der Waals surface area contributed by atoms with Crippen molar-refractivity contribution in [2.45, 2.75) is 13.1 Å². The van der Waals surface area contributed by atoms with E-state index in [4.69, 9.17) is 4.74 Å². The van der Waals surface area contributed by atoms with Gasteiger partial charge in [0.1, 0.15) is 0 Å². The summed E-state index contributed by atoms with van der Waals surface area (Å²) in [6.07, 6.45) is -3.79. The SMILES string of the molecule is CCOc1nc(C(F)(F)F)cn1-c1ccc2n[nH]c(F)c2c1. The zero-order chi connectivity index (χ0) is 15.9. The van der Waals surface area contributed by atoms with Crippen LogP contribution in [-0.2, 0) is 6.18 Å². The average Bonchev–Trinajstić information content (AvgIpc) is 3.03. The Morgan fingerprint density at radius 2 is 2.09 bits per heavy atom. The number of imidazole rings is 1. The number of aromatic nitrogens is 4. The second-order valence-electron chi connectivity index (χ2n) is 4.45. The van der Waals surface area contributed by atoms with Gasteiger partial charge >= 0.3 is 12.2 Å². The van der Waals surface area contributed by atoms with E-state index < -0.39 is 17.8 Å². The van der Waals surface area contributed by atoms with E-state index in [1.54, 1.807) is 6.92 Å². The number of nitrogens with one attached hydrogen (secondary N) is 1. The number of halogens is 4. The molecule has 9 heteroatoms. The summed E-state index contributed by atoms with van der Waals surface area (Å²) in [4.78, 5) is 3.44. The van der Waals surface area contributed by atoms with Gasteiger partial charge in [-0.15, -0.1) is 0 Å². The van der Waals surface area contributed by atoms with Gasteiger partial charge in [-0.1, -0.05) is 0 Å². The number of ether oxygens (including phenoxy) is 1. The van der Waals surface area contributed by atoms with Crippen LogP contribution in [0.5, 0.6) is 6.01 Å². The molecule has 116 valence electrons. The number of fused-ring (bicyclic) bond motifs is 1. The zero-order valence-electron chi connectivity index (χ0n) is 11.3. The second-order valence-corrected chi connectivity index (χ2v) is 4.45. The molecule has 2 aromatic heterocycles. The van der Waals surface area contributed by atoms with Crippen LogP contribution in [0.2, 0.25) is 0 Å². The molecule has 1 aromatic carbocycles. The molecule has 0 aliphatic carbocycles. The number of hydrogen-bond donors (Lipinski definition) is 1. The summed E-state index contributed by atoms with van der Waals surface area (Å²) in [5.41, 5.74) is -0.418. The van der Waals surface area contributed by atoms with Crippen LogP contribution in [0.25, 0.3) is 16.6 Å². The molecule has 0 unspecified atom stereocenters. The largest absolute Gasteiger partial charge is 0.465 e. The molecule has 0 radical (unpaired) electrons. The van der Waals surface area contributed by atoms with E-state index in [1.807, 2.05) is 0 Å². The van der Waals surface area contributed by atoms with Crippen LogP contribution in [0, 0.1) is 5.95 Å². The standard InChI is InChI=1S/C13H10F4N4O/c1-2-22-12-18-10(13(15,16)17)6-21(12)7-3-4-9-8(5-7)11(14)20-19-9/h3-6H,2H2,1H3,(H,19,20). The molecule has 5 nitrogen and oxygen atoms in total. The summed E-state index contributed by atoms with van der Waals surface area (Å²) in [7, 11) is 0. The zero-order valence-corrected chi connectivity index (χ0v) is 11.3. The minimum atomic E-state index is -4.60. The number of aromatic amines is 1. The maximum atomic E-state index is 13.5. The van der Waals surface area contributed by atoms with Gasteiger partial charge in [0.05, 0.1) is 23.2 Å². The third-order valence-electron chi connectivity index (χ3n) is 3.01. The van der Waals surface area contributed by atoms with E-state index in [2.05, 4.69) is 15.2 Å². The first kappa shape index (κ1) is 14.4. The Balaban J connectivity index is 2.15. The third-order valence-corrected chi connectivity index (χ3v) is 3.01. The number of alkyl halides is 3. The maximum Gasteiger partial charge on any atom is 0.435 e. The van der Waals surface area contributed by atoms with Gasteiger partial charge in [0, 0.05) is 6.20 Å². The minimum absolute atomic E-state index is 0.149. The van der Waals surface area contributed by atoms with E-state index in [0.717, 1.165) is 10.8 Å². The van der Waals surface area contributed by atoms with E-state index >= 15 is 0 Å². The lowest BCUT2D eigenvalue weighted by molar-refractivity contribution is -0.141. The quantitative estimate of drug-likeness (QED) is 0.755. The molecule has 0 spiro atoms. The molecule has 1 N–H and O–H groups in total. The van der Waals surface area contributed by atoms with Gasteiger partial charge in [-0.25, -0.2) is 0 Å². The fourth-order valence-electron chi connectivity index (χ4n) is 2.03. The first-order valence-corrected chi connectivity index (χ1v) is 6.33. The normalized spacial score (nSPS) is 12.0. The Kier molecular flexibility index (Phi) is 3.27. The lowest BCUT2D eigenvalue weighted by Crippen LogP contribution is -2.05. The number of H-pyrrole nitrogens is 1. The lowest BCUT2D eigenvalue weighted by Gasteiger charge is -2.07. The average molecular weight is 314 g/mol. The highest BCUT2D eigenvalue weighted by Crippen LogP contribution is 2.32. The Labute approximate surface area is 121 Å². The molecule has 0 saturated heterocycles. The van der Waals surface area contributed by atoms with Gasteiger partial charge in [0.25, 0.3) is 0 Å². The van der Waals surface area contributed by atoms with Crippen molar-refractivity contribution in [1.29, 1.82) is 0 Å². The first-order valence-electron chi connectivity index (χ1n) is 6.33. The number of benzene rings is 1. The third kappa shape index (κ3) is 2.38. The topological polar surface area (TPSA) is 55.7 Å². The van der Waals surface area contributed by atoms with Crippen molar-refractivity contribution in [3.8, 4) is 11.7 Å². The predicted molar refractivity (Wildman–Crippen MR) is 69.3 cm³/mol. The molecule has 3 rings (SSSR count).